The van der Waals surface area contributed by atoms with Crippen molar-refractivity contribution < 1.29 is 4.52 Å². The van der Waals surface area contributed by atoms with Crippen molar-refractivity contribution >= 4 is 5.96 Å². The Kier molecular flexibility index (Phi) is 7.00. The van der Waals surface area contributed by atoms with Gasteiger partial charge in [0, 0.05) is 38.6 Å². The van der Waals surface area contributed by atoms with Gasteiger partial charge in [-0.15, -0.1) is 0 Å². The Labute approximate surface area is 179 Å². The fourth-order valence-electron chi connectivity index (χ4n) is 4.84. The molecule has 0 radical (unpaired) electrons. The molecule has 2 fully saturated rings. The van der Waals surface area contributed by atoms with Crippen molar-refractivity contribution in [2.24, 2.45) is 10.9 Å². The minimum Gasteiger partial charge on any atom is -0.357 e. The fraction of sp³-hybridized carbons (Fsp3) is 0.609. The van der Waals surface area contributed by atoms with Crippen LogP contribution in [0.25, 0.3) is 0 Å². The largest absolute Gasteiger partial charge is 0.357 e. The van der Waals surface area contributed by atoms with Gasteiger partial charge in [-0.1, -0.05) is 35.5 Å². The van der Waals surface area contributed by atoms with Crippen LogP contribution >= 0.6 is 0 Å². The van der Waals surface area contributed by atoms with Crippen LogP contribution in [0.15, 0.2) is 39.8 Å². The molecule has 1 aromatic heterocycles. The van der Waals surface area contributed by atoms with Crippen LogP contribution in [0.1, 0.15) is 43.5 Å². The first-order valence-corrected chi connectivity index (χ1v) is 11.3. The van der Waals surface area contributed by atoms with E-state index in [1.165, 1.54) is 31.4 Å². The molecule has 2 aromatic rings. The molecular weight excluding hydrogens is 376 g/mol. The summed E-state index contributed by atoms with van der Waals surface area (Å²) >= 11 is 0. The summed E-state index contributed by atoms with van der Waals surface area (Å²) in [7, 11) is 0. The number of rotatable bonds is 6. The highest BCUT2D eigenvalue weighted by molar-refractivity contribution is 5.80. The maximum atomic E-state index is 5.21. The molecule has 1 aromatic carbocycles. The molecule has 2 atom stereocenters. The second kappa shape index (κ2) is 10.1. The van der Waals surface area contributed by atoms with Gasteiger partial charge >= 0.3 is 0 Å². The van der Waals surface area contributed by atoms with E-state index in [0.29, 0.717) is 36.6 Å². The number of piperidine rings is 2. The van der Waals surface area contributed by atoms with E-state index in [2.05, 4.69) is 62.5 Å². The second-order valence-corrected chi connectivity index (χ2v) is 8.38. The van der Waals surface area contributed by atoms with Crippen LogP contribution in [0.2, 0.25) is 0 Å². The minimum absolute atomic E-state index is 0.661. The molecule has 0 bridgehead atoms. The molecule has 2 aliphatic rings. The lowest BCUT2D eigenvalue weighted by molar-refractivity contribution is 0.0372. The third-order valence-electron chi connectivity index (χ3n) is 6.20. The second-order valence-electron chi connectivity index (χ2n) is 8.38. The normalized spacial score (nSPS) is 22.7. The summed E-state index contributed by atoms with van der Waals surface area (Å²) in [6.07, 6.45) is 4.48. The monoisotopic (exact) mass is 410 g/mol. The molecule has 0 spiro atoms. The summed E-state index contributed by atoms with van der Waals surface area (Å²) in [6, 6.07) is 11.6. The SMILES string of the molecule is CCNC(=NCCc1nc(C)no1)N1CCC2C(CCCN2Cc2ccccc2)C1. The molecule has 0 saturated carbocycles. The quantitative estimate of drug-likeness (QED) is 0.583. The smallest absolute Gasteiger partial charge is 0.228 e. The Morgan fingerprint density at radius 3 is 2.87 bits per heavy atom. The summed E-state index contributed by atoms with van der Waals surface area (Å²) in [5, 5.41) is 7.34. The standard InChI is InChI=1S/C23H34N6O/c1-3-24-23(25-13-11-22-26-18(2)27-30-22)29-15-12-21-20(17-29)10-7-14-28(21)16-19-8-5-4-6-9-19/h4-6,8-9,20-21H,3,7,10-17H2,1-2H3,(H,24,25). The van der Waals surface area contributed by atoms with Gasteiger partial charge in [0.15, 0.2) is 11.8 Å². The summed E-state index contributed by atoms with van der Waals surface area (Å²) in [6.45, 7) is 9.94. The maximum Gasteiger partial charge on any atom is 0.228 e. The zero-order chi connectivity index (χ0) is 20.8. The number of nitrogens with zero attached hydrogens (tertiary/aromatic N) is 5. The Bertz CT molecular complexity index is 820. The highest BCUT2D eigenvalue weighted by Crippen LogP contribution is 2.31. The summed E-state index contributed by atoms with van der Waals surface area (Å²) in [5.74, 6) is 3.07. The van der Waals surface area contributed by atoms with Gasteiger partial charge in [0.05, 0.1) is 6.54 Å². The van der Waals surface area contributed by atoms with Crippen LogP contribution in [-0.2, 0) is 13.0 Å². The lowest BCUT2D eigenvalue weighted by Crippen LogP contribution is -2.56. The highest BCUT2D eigenvalue weighted by Gasteiger charge is 2.36. The average Bonchev–Trinajstić information content (AvgIpc) is 3.19. The van der Waals surface area contributed by atoms with Crippen molar-refractivity contribution in [3.8, 4) is 0 Å². The first-order valence-electron chi connectivity index (χ1n) is 11.3. The summed E-state index contributed by atoms with van der Waals surface area (Å²) in [5.41, 5.74) is 1.42. The molecule has 4 rings (SSSR count). The Morgan fingerprint density at radius 2 is 2.10 bits per heavy atom. The number of fused-ring (bicyclic) bond motifs is 1. The van der Waals surface area contributed by atoms with Gasteiger partial charge < -0.3 is 14.7 Å². The fourth-order valence-corrected chi connectivity index (χ4v) is 4.84. The van der Waals surface area contributed by atoms with Crippen LogP contribution in [0.3, 0.4) is 0 Å². The van der Waals surface area contributed by atoms with E-state index in [-0.39, 0.29) is 0 Å². The topological polar surface area (TPSA) is 69.8 Å². The Morgan fingerprint density at radius 1 is 1.23 bits per heavy atom. The zero-order valence-electron chi connectivity index (χ0n) is 18.3. The van der Waals surface area contributed by atoms with Gasteiger partial charge in [0.1, 0.15) is 0 Å². The molecular formula is C23H34N6O. The van der Waals surface area contributed by atoms with E-state index < -0.39 is 0 Å². The Hall–Kier alpha value is -2.41. The molecule has 30 heavy (non-hydrogen) atoms. The molecule has 3 heterocycles. The van der Waals surface area contributed by atoms with E-state index in [0.717, 1.165) is 32.1 Å². The van der Waals surface area contributed by atoms with E-state index in [1.807, 2.05) is 6.92 Å². The number of aryl methyl sites for hydroxylation is 1. The molecule has 2 saturated heterocycles. The van der Waals surface area contributed by atoms with Gasteiger partial charge in [0.2, 0.25) is 5.89 Å². The van der Waals surface area contributed by atoms with Gasteiger partial charge in [-0.2, -0.15) is 4.98 Å². The van der Waals surface area contributed by atoms with Gasteiger partial charge in [-0.05, 0) is 51.1 Å². The molecule has 0 amide bonds. The predicted octanol–water partition coefficient (Wildman–Crippen LogP) is 2.87. The van der Waals surface area contributed by atoms with E-state index >= 15 is 0 Å². The number of guanidine groups is 1. The van der Waals surface area contributed by atoms with Gasteiger partial charge in [0.25, 0.3) is 0 Å². The number of aromatic nitrogens is 2. The van der Waals surface area contributed by atoms with Crippen molar-refractivity contribution in [1.29, 1.82) is 0 Å². The molecule has 1 N–H and O–H groups in total. The third-order valence-corrected chi connectivity index (χ3v) is 6.20. The predicted molar refractivity (Wildman–Crippen MR) is 118 cm³/mol. The van der Waals surface area contributed by atoms with E-state index in [9.17, 15) is 0 Å². The number of hydrogen-bond acceptors (Lipinski definition) is 5. The molecule has 2 aliphatic heterocycles. The zero-order valence-corrected chi connectivity index (χ0v) is 18.3. The van der Waals surface area contributed by atoms with Crippen molar-refractivity contribution in [3.05, 3.63) is 47.6 Å². The average molecular weight is 411 g/mol. The number of aliphatic imine (C=N–C) groups is 1. The number of hydrogen-bond donors (Lipinski definition) is 1. The molecule has 162 valence electrons. The van der Waals surface area contributed by atoms with Crippen molar-refractivity contribution in [2.75, 3.05) is 32.7 Å². The first kappa shape index (κ1) is 20.8. The summed E-state index contributed by atoms with van der Waals surface area (Å²) in [4.78, 5) is 14.3. The number of benzene rings is 1. The molecule has 0 aliphatic carbocycles. The van der Waals surface area contributed by atoms with Crippen LogP contribution < -0.4 is 5.32 Å². The molecule has 2 unspecified atom stereocenters. The van der Waals surface area contributed by atoms with Crippen LogP contribution in [-0.4, -0.2) is 64.7 Å². The minimum atomic E-state index is 0.661. The number of likely N-dealkylation sites (tertiary alicyclic amines) is 2. The van der Waals surface area contributed by atoms with Gasteiger partial charge in [-0.3, -0.25) is 9.89 Å². The third kappa shape index (κ3) is 5.19. The molecule has 7 nitrogen and oxygen atoms in total. The lowest BCUT2D eigenvalue weighted by Gasteiger charge is -2.48. The van der Waals surface area contributed by atoms with E-state index in [1.54, 1.807) is 0 Å². The summed E-state index contributed by atoms with van der Waals surface area (Å²) < 4.78 is 5.21. The van der Waals surface area contributed by atoms with Crippen LogP contribution in [0.5, 0.6) is 0 Å². The van der Waals surface area contributed by atoms with Crippen molar-refractivity contribution in [1.82, 2.24) is 25.3 Å². The Balaban J connectivity index is 1.36. The van der Waals surface area contributed by atoms with Crippen molar-refractivity contribution in [2.45, 2.75) is 52.1 Å². The molecule has 7 heteroatoms. The van der Waals surface area contributed by atoms with Gasteiger partial charge in [-0.25, -0.2) is 0 Å². The maximum absolute atomic E-state index is 5.21. The lowest BCUT2D eigenvalue weighted by atomic mass is 9.83. The van der Waals surface area contributed by atoms with Crippen LogP contribution in [0, 0.1) is 12.8 Å². The van der Waals surface area contributed by atoms with Crippen molar-refractivity contribution in [3.63, 3.8) is 0 Å². The van der Waals surface area contributed by atoms with E-state index in [4.69, 9.17) is 9.52 Å². The highest BCUT2D eigenvalue weighted by atomic mass is 16.5. The first-order chi connectivity index (χ1) is 14.7. The number of nitrogens with one attached hydrogen (secondary N) is 1. The van der Waals surface area contributed by atoms with Crippen LogP contribution in [0.4, 0.5) is 0 Å².